The zero-order chi connectivity index (χ0) is 23.5. The third-order valence-corrected chi connectivity index (χ3v) is 5.91. The number of carbonyl (C=O) groups excluding carboxylic acids is 1. The lowest BCUT2D eigenvalue weighted by Gasteiger charge is -2.09. The van der Waals surface area contributed by atoms with E-state index in [-0.39, 0.29) is 0 Å². The summed E-state index contributed by atoms with van der Waals surface area (Å²) in [5, 5.41) is 9.46. The number of unbranched alkanes of at least 4 members (excludes halogenated alkanes) is 4. The summed E-state index contributed by atoms with van der Waals surface area (Å²) in [7, 11) is 0. The van der Waals surface area contributed by atoms with Crippen molar-refractivity contribution in [3.8, 4) is 22.9 Å². The van der Waals surface area contributed by atoms with Crippen molar-refractivity contribution in [2.75, 3.05) is 0 Å². The monoisotopic (exact) mass is 439 g/mol. The first kappa shape index (κ1) is 24.3. The topological polar surface area (TPSA) is 50.1 Å². The molecule has 3 rings (SSSR count). The van der Waals surface area contributed by atoms with Gasteiger partial charge in [-0.3, -0.25) is 0 Å². The number of benzene rings is 3. The molecule has 33 heavy (non-hydrogen) atoms. The van der Waals surface area contributed by atoms with Crippen molar-refractivity contribution in [2.24, 2.45) is 0 Å². The predicted molar refractivity (Wildman–Crippen MR) is 134 cm³/mol. The maximum absolute atomic E-state index is 12.6. The van der Waals surface area contributed by atoms with Gasteiger partial charge in [-0.1, -0.05) is 82.0 Å². The van der Waals surface area contributed by atoms with E-state index in [1.54, 1.807) is 18.2 Å². The van der Waals surface area contributed by atoms with Crippen LogP contribution < -0.4 is 4.74 Å². The molecule has 0 atom stereocenters. The minimum absolute atomic E-state index is 0.307. The Hall–Kier alpha value is -3.38. The molecule has 0 amide bonds. The van der Waals surface area contributed by atoms with E-state index in [9.17, 15) is 10.1 Å². The van der Waals surface area contributed by atoms with Crippen LogP contribution in [0.25, 0.3) is 11.1 Å². The summed E-state index contributed by atoms with van der Waals surface area (Å²) in [5.41, 5.74) is 5.49. The fourth-order valence-electron chi connectivity index (χ4n) is 3.87. The molecule has 0 unspecified atom stereocenters. The smallest absolute Gasteiger partial charge is 0.343 e. The lowest BCUT2D eigenvalue weighted by atomic mass is 10.0. The molecule has 170 valence electrons. The van der Waals surface area contributed by atoms with E-state index in [4.69, 9.17) is 4.74 Å². The molecule has 0 saturated heterocycles. The largest absolute Gasteiger partial charge is 0.422 e. The van der Waals surface area contributed by atoms with Crippen molar-refractivity contribution in [3.05, 3.63) is 89.0 Å². The standard InChI is InChI=1S/C30H33NO2/c1-3-5-7-8-10-23-11-14-25(15-12-23)26-16-18-27(19-17-26)30(32)33-29-20-13-24(9-6-4-2)21-28(29)22-31/h11-21H,3-10H2,1-2H3. The Morgan fingerprint density at radius 3 is 2.00 bits per heavy atom. The van der Waals surface area contributed by atoms with Gasteiger partial charge >= 0.3 is 5.97 Å². The highest BCUT2D eigenvalue weighted by Gasteiger charge is 2.13. The van der Waals surface area contributed by atoms with Crippen LogP contribution in [0.3, 0.4) is 0 Å². The summed E-state index contributed by atoms with van der Waals surface area (Å²) in [6, 6.07) is 23.7. The average molecular weight is 440 g/mol. The molecule has 3 nitrogen and oxygen atoms in total. The highest BCUT2D eigenvalue weighted by molar-refractivity contribution is 5.92. The summed E-state index contributed by atoms with van der Waals surface area (Å²) < 4.78 is 5.54. The van der Waals surface area contributed by atoms with Gasteiger partial charge in [0.2, 0.25) is 0 Å². The highest BCUT2D eigenvalue weighted by Crippen LogP contribution is 2.24. The first-order valence-electron chi connectivity index (χ1n) is 12.1. The van der Waals surface area contributed by atoms with E-state index in [0.717, 1.165) is 42.4 Å². The van der Waals surface area contributed by atoms with Gasteiger partial charge in [0, 0.05) is 0 Å². The second-order valence-corrected chi connectivity index (χ2v) is 8.52. The Labute approximate surface area is 198 Å². The molecule has 3 aromatic rings. The summed E-state index contributed by atoms with van der Waals surface area (Å²) in [6.07, 6.45) is 9.28. The molecule has 0 aliphatic carbocycles. The Morgan fingerprint density at radius 2 is 1.36 bits per heavy atom. The van der Waals surface area contributed by atoms with Crippen LogP contribution in [0.15, 0.2) is 66.7 Å². The Kier molecular flexibility index (Phi) is 9.27. The van der Waals surface area contributed by atoms with Gasteiger partial charge in [0.05, 0.1) is 11.1 Å². The van der Waals surface area contributed by atoms with Crippen molar-refractivity contribution in [1.29, 1.82) is 5.26 Å². The lowest BCUT2D eigenvalue weighted by molar-refractivity contribution is 0.0734. The third kappa shape index (κ3) is 7.05. The summed E-state index contributed by atoms with van der Waals surface area (Å²) in [6.45, 7) is 4.37. The molecule has 0 spiro atoms. The minimum atomic E-state index is -0.457. The fraction of sp³-hybridized carbons (Fsp3) is 0.333. The average Bonchev–Trinajstić information content (AvgIpc) is 2.86. The van der Waals surface area contributed by atoms with Crippen molar-refractivity contribution in [2.45, 2.75) is 65.2 Å². The summed E-state index contributed by atoms with van der Waals surface area (Å²) in [5.74, 6) is -0.150. The number of esters is 1. The molecule has 3 heteroatoms. The molecule has 0 fully saturated rings. The number of hydrogen-bond donors (Lipinski definition) is 0. The fourth-order valence-corrected chi connectivity index (χ4v) is 3.87. The van der Waals surface area contributed by atoms with Crippen molar-refractivity contribution < 1.29 is 9.53 Å². The molecule has 0 radical (unpaired) electrons. The Balaban J connectivity index is 1.63. The molecule has 0 aromatic heterocycles. The molecule has 0 aliphatic heterocycles. The third-order valence-electron chi connectivity index (χ3n) is 5.91. The quantitative estimate of drug-likeness (QED) is 0.173. The molecular formula is C30H33NO2. The number of hydrogen-bond acceptors (Lipinski definition) is 3. The number of ether oxygens (including phenoxy) is 1. The number of rotatable bonds is 11. The van der Waals surface area contributed by atoms with E-state index >= 15 is 0 Å². The molecular weight excluding hydrogens is 406 g/mol. The summed E-state index contributed by atoms with van der Waals surface area (Å²) in [4.78, 5) is 12.6. The van der Waals surface area contributed by atoms with Gasteiger partial charge in [0.15, 0.2) is 0 Å². The maximum atomic E-state index is 12.6. The van der Waals surface area contributed by atoms with E-state index in [2.05, 4.69) is 44.2 Å². The van der Waals surface area contributed by atoms with Crippen LogP contribution in [0.5, 0.6) is 5.75 Å². The second kappa shape index (κ2) is 12.6. The zero-order valence-electron chi connectivity index (χ0n) is 19.8. The van der Waals surface area contributed by atoms with Crippen LogP contribution >= 0.6 is 0 Å². The van der Waals surface area contributed by atoms with Gasteiger partial charge in [-0.25, -0.2) is 4.79 Å². The molecule has 0 aliphatic rings. The van der Waals surface area contributed by atoms with Gasteiger partial charge in [-0.05, 0) is 72.2 Å². The molecule has 3 aromatic carbocycles. The number of nitrogens with zero attached hydrogens (tertiary/aromatic N) is 1. The highest BCUT2D eigenvalue weighted by atomic mass is 16.5. The Bertz CT molecular complexity index is 1080. The first-order chi connectivity index (χ1) is 16.1. The number of carbonyl (C=O) groups is 1. The van der Waals surface area contributed by atoms with E-state index in [0.29, 0.717) is 16.9 Å². The zero-order valence-corrected chi connectivity index (χ0v) is 19.8. The van der Waals surface area contributed by atoms with Gasteiger partial charge < -0.3 is 4.74 Å². The lowest BCUT2D eigenvalue weighted by Crippen LogP contribution is -2.09. The first-order valence-corrected chi connectivity index (χ1v) is 12.1. The van der Waals surface area contributed by atoms with Crippen molar-refractivity contribution in [1.82, 2.24) is 0 Å². The van der Waals surface area contributed by atoms with E-state index in [1.165, 1.54) is 31.2 Å². The van der Waals surface area contributed by atoms with Crippen LogP contribution in [-0.2, 0) is 12.8 Å². The predicted octanol–water partition coefficient (Wildman–Crippen LogP) is 7.91. The van der Waals surface area contributed by atoms with Crippen LogP contribution in [0.4, 0.5) is 0 Å². The minimum Gasteiger partial charge on any atom is -0.422 e. The van der Waals surface area contributed by atoms with Crippen LogP contribution in [-0.4, -0.2) is 5.97 Å². The number of nitriles is 1. The molecule has 0 heterocycles. The number of aryl methyl sites for hydroxylation is 2. The van der Waals surface area contributed by atoms with E-state index in [1.807, 2.05) is 24.3 Å². The molecule has 0 bridgehead atoms. The maximum Gasteiger partial charge on any atom is 0.343 e. The molecule has 0 N–H and O–H groups in total. The van der Waals surface area contributed by atoms with Gasteiger partial charge in [-0.2, -0.15) is 5.26 Å². The van der Waals surface area contributed by atoms with Gasteiger partial charge in [0.1, 0.15) is 11.8 Å². The summed E-state index contributed by atoms with van der Waals surface area (Å²) >= 11 is 0. The van der Waals surface area contributed by atoms with Crippen LogP contribution in [0.2, 0.25) is 0 Å². The van der Waals surface area contributed by atoms with Crippen molar-refractivity contribution >= 4 is 5.97 Å². The van der Waals surface area contributed by atoms with Crippen molar-refractivity contribution in [3.63, 3.8) is 0 Å². The van der Waals surface area contributed by atoms with Gasteiger partial charge in [0.25, 0.3) is 0 Å². The van der Waals surface area contributed by atoms with Gasteiger partial charge in [-0.15, -0.1) is 0 Å². The Morgan fingerprint density at radius 1 is 0.758 bits per heavy atom. The normalized spacial score (nSPS) is 10.6. The second-order valence-electron chi connectivity index (χ2n) is 8.52. The van der Waals surface area contributed by atoms with E-state index < -0.39 is 5.97 Å². The SMILES string of the molecule is CCCCCCc1ccc(-c2ccc(C(=O)Oc3ccc(CCCC)cc3C#N)cc2)cc1. The van der Waals surface area contributed by atoms with Crippen LogP contribution in [0.1, 0.15) is 79.4 Å². The van der Waals surface area contributed by atoms with Crippen LogP contribution in [0, 0.1) is 11.3 Å². The molecule has 0 saturated carbocycles.